The normalized spacial score (nSPS) is 14.1. The Morgan fingerprint density at radius 2 is 1.94 bits per heavy atom. The third kappa shape index (κ3) is 5.02. The summed E-state index contributed by atoms with van der Waals surface area (Å²) < 4.78 is 67.2. The molecule has 0 fully saturated rings. The zero-order chi connectivity index (χ0) is 24.5. The first kappa shape index (κ1) is 24.0. The van der Waals surface area contributed by atoms with Gasteiger partial charge in [-0.25, -0.2) is 8.42 Å². The number of aryl methyl sites for hydroxylation is 1. The second kappa shape index (κ2) is 9.26. The molecule has 0 bridgehead atoms. The summed E-state index contributed by atoms with van der Waals surface area (Å²) in [7, 11) is -4.10. The minimum Gasteiger partial charge on any atom is -0.361 e. The summed E-state index contributed by atoms with van der Waals surface area (Å²) in [5.74, 6) is 0.442. The van der Waals surface area contributed by atoms with Crippen LogP contribution in [0.1, 0.15) is 30.5 Å². The first-order valence-electron chi connectivity index (χ1n) is 10.3. The van der Waals surface area contributed by atoms with E-state index in [9.17, 15) is 21.6 Å². The highest BCUT2D eigenvalue weighted by molar-refractivity contribution is 7.93. The molecule has 34 heavy (non-hydrogen) atoms. The van der Waals surface area contributed by atoms with Gasteiger partial charge in [-0.15, -0.1) is 11.3 Å². The number of hydrogen-bond donors (Lipinski definition) is 1. The average Bonchev–Trinajstić information content (AvgIpc) is 3.36. The third-order valence-corrected chi connectivity index (χ3v) is 8.38. The average molecular weight is 511 g/mol. The number of halogens is 3. The Bertz CT molecular complexity index is 1350. The lowest BCUT2D eigenvalue weighted by Crippen LogP contribution is -2.32. The van der Waals surface area contributed by atoms with E-state index in [4.69, 9.17) is 4.84 Å². The molecule has 0 amide bonds. The molecule has 0 saturated carbocycles. The van der Waals surface area contributed by atoms with E-state index in [0.29, 0.717) is 16.5 Å². The molecule has 0 unspecified atom stereocenters. The van der Waals surface area contributed by atoms with Crippen LogP contribution in [-0.2, 0) is 14.9 Å². The number of rotatable bonds is 8. The topological polar surface area (TPSA) is 83.9 Å². The minimum atomic E-state index is -4.29. The Kier molecular flexibility index (Phi) is 6.54. The Hall–Kier alpha value is -3.12. The van der Waals surface area contributed by atoms with E-state index in [1.54, 1.807) is 0 Å². The number of benzene rings is 1. The number of hydroxylamine groups is 1. The molecule has 180 valence electrons. The zero-order valence-corrected chi connectivity index (χ0v) is 19.7. The fourth-order valence-corrected chi connectivity index (χ4v) is 6.45. The molecule has 1 aliphatic rings. The molecule has 0 atom stereocenters. The van der Waals surface area contributed by atoms with E-state index in [2.05, 4.69) is 22.0 Å². The van der Waals surface area contributed by atoms with Crippen molar-refractivity contribution in [2.24, 2.45) is 4.99 Å². The number of pyridine rings is 1. The second-order valence-electron chi connectivity index (χ2n) is 7.62. The van der Waals surface area contributed by atoms with Gasteiger partial charge in [-0.1, -0.05) is 18.2 Å². The van der Waals surface area contributed by atoms with Crippen molar-refractivity contribution < 1.29 is 26.4 Å². The van der Waals surface area contributed by atoms with Crippen molar-refractivity contribution in [2.75, 3.05) is 10.8 Å². The molecule has 3 aromatic rings. The summed E-state index contributed by atoms with van der Waals surface area (Å²) in [6, 6.07) is 10.3. The molecule has 12 heteroatoms. The third-order valence-electron chi connectivity index (χ3n) is 5.19. The van der Waals surface area contributed by atoms with E-state index >= 15 is 0 Å². The van der Waals surface area contributed by atoms with Crippen LogP contribution < -0.4 is 9.79 Å². The number of anilines is 1. The lowest BCUT2D eigenvalue weighted by Gasteiger charge is -2.24. The SMILES string of the molecule is C=C1N=C(c2ccc(S(=O)(=O)N(CCCCC(F)(F)F)c3sc4ccccc4c3C)cn2)NO1. The number of hydrogen-bond acceptors (Lipinski definition) is 7. The van der Waals surface area contributed by atoms with Crippen molar-refractivity contribution in [3.63, 3.8) is 0 Å². The quantitative estimate of drug-likeness (QED) is 0.417. The van der Waals surface area contributed by atoms with Crippen LogP contribution >= 0.6 is 11.3 Å². The smallest absolute Gasteiger partial charge is 0.361 e. The summed E-state index contributed by atoms with van der Waals surface area (Å²) in [5.41, 5.74) is 3.64. The molecular weight excluding hydrogens is 489 g/mol. The fraction of sp³-hybridized carbons (Fsp3) is 0.273. The second-order valence-corrected chi connectivity index (χ2v) is 10.5. The van der Waals surface area contributed by atoms with Crippen LogP contribution in [0.2, 0.25) is 0 Å². The van der Waals surface area contributed by atoms with Crippen molar-refractivity contribution in [3.8, 4) is 0 Å². The maximum Gasteiger partial charge on any atom is 0.389 e. The molecule has 0 aliphatic carbocycles. The standard InChI is InChI=1S/C22H21F3N4O3S2/c1-14-17-7-3-4-8-19(17)33-21(14)29(12-6-5-11-22(23,24)25)34(30,31)16-9-10-18(26-13-16)20-27-15(2)32-28-20/h3-4,7-10,13H,2,5-6,11-12H2,1H3,(H,27,28). The Morgan fingerprint density at radius 3 is 2.56 bits per heavy atom. The van der Waals surface area contributed by atoms with Crippen molar-refractivity contribution >= 4 is 42.3 Å². The molecule has 4 rings (SSSR count). The van der Waals surface area contributed by atoms with Crippen molar-refractivity contribution in [3.05, 3.63) is 66.3 Å². The monoisotopic (exact) mass is 510 g/mol. The lowest BCUT2D eigenvalue weighted by molar-refractivity contribution is -0.135. The van der Waals surface area contributed by atoms with E-state index in [1.165, 1.54) is 34.0 Å². The molecule has 1 N–H and O–H groups in total. The van der Waals surface area contributed by atoms with E-state index in [1.807, 2.05) is 31.2 Å². The van der Waals surface area contributed by atoms with Gasteiger partial charge in [0.25, 0.3) is 10.0 Å². The molecule has 0 spiro atoms. The number of alkyl halides is 3. The van der Waals surface area contributed by atoms with E-state index in [-0.39, 0.29) is 30.2 Å². The molecular formula is C22H21F3N4O3S2. The molecule has 0 radical (unpaired) electrons. The number of unbranched alkanes of at least 4 members (excludes halogenated alkanes) is 1. The van der Waals surface area contributed by atoms with Gasteiger partial charge in [0.15, 0.2) is 5.84 Å². The summed E-state index contributed by atoms with van der Waals surface area (Å²) in [4.78, 5) is 13.0. The highest BCUT2D eigenvalue weighted by atomic mass is 32.2. The molecule has 0 saturated heterocycles. The van der Waals surface area contributed by atoms with Crippen LogP contribution in [0.25, 0.3) is 10.1 Å². The van der Waals surface area contributed by atoms with Crippen LogP contribution in [-0.4, -0.2) is 32.0 Å². The number of nitrogens with zero attached hydrogens (tertiary/aromatic N) is 3. The van der Waals surface area contributed by atoms with Gasteiger partial charge in [-0.2, -0.15) is 23.6 Å². The van der Waals surface area contributed by atoms with Crippen LogP contribution in [0, 0.1) is 6.92 Å². The fourth-order valence-electron chi connectivity index (χ4n) is 3.50. The number of sulfonamides is 1. The molecule has 3 heterocycles. The van der Waals surface area contributed by atoms with Gasteiger partial charge in [0, 0.05) is 23.9 Å². The van der Waals surface area contributed by atoms with E-state index in [0.717, 1.165) is 15.6 Å². The number of nitrogens with one attached hydrogen (secondary N) is 1. The van der Waals surface area contributed by atoms with Crippen molar-refractivity contribution in [1.29, 1.82) is 0 Å². The first-order chi connectivity index (χ1) is 16.1. The number of aliphatic imine (C=N–C) groups is 1. The highest BCUT2D eigenvalue weighted by Crippen LogP contribution is 2.40. The van der Waals surface area contributed by atoms with Gasteiger partial charge >= 0.3 is 6.18 Å². The Labute approximate surface area is 198 Å². The summed E-state index contributed by atoms with van der Waals surface area (Å²) in [6.45, 7) is 5.27. The predicted octanol–water partition coefficient (Wildman–Crippen LogP) is 5.29. The van der Waals surface area contributed by atoms with Gasteiger partial charge in [0.1, 0.15) is 15.6 Å². The Morgan fingerprint density at radius 1 is 1.18 bits per heavy atom. The maximum absolute atomic E-state index is 13.6. The summed E-state index contributed by atoms with van der Waals surface area (Å²) in [6.07, 6.45) is -4.18. The van der Waals surface area contributed by atoms with Crippen molar-refractivity contribution in [2.45, 2.75) is 37.3 Å². The summed E-state index contributed by atoms with van der Waals surface area (Å²) >= 11 is 1.29. The molecule has 1 aliphatic heterocycles. The van der Waals surface area contributed by atoms with Gasteiger partial charge in [-0.05, 0) is 55.5 Å². The van der Waals surface area contributed by atoms with E-state index < -0.39 is 22.6 Å². The maximum atomic E-state index is 13.6. The largest absolute Gasteiger partial charge is 0.389 e. The highest BCUT2D eigenvalue weighted by Gasteiger charge is 2.30. The lowest BCUT2D eigenvalue weighted by atomic mass is 10.2. The molecule has 1 aromatic carbocycles. The van der Waals surface area contributed by atoms with Gasteiger partial charge in [-0.3, -0.25) is 9.29 Å². The first-order valence-corrected chi connectivity index (χ1v) is 12.6. The van der Waals surface area contributed by atoms with Gasteiger partial charge in [0.05, 0.1) is 0 Å². The molecule has 7 nitrogen and oxygen atoms in total. The van der Waals surface area contributed by atoms with Crippen molar-refractivity contribution in [1.82, 2.24) is 10.5 Å². The van der Waals surface area contributed by atoms with Gasteiger partial charge in [0.2, 0.25) is 5.88 Å². The predicted molar refractivity (Wildman–Crippen MR) is 125 cm³/mol. The number of aromatic nitrogens is 1. The van der Waals surface area contributed by atoms with Gasteiger partial charge < -0.3 is 4.84 Å². The van der Waals surface area contributed by atoms with Crippen LogP contribution in [0.15, 0.2) is 64.9 Å². The van der Waals surface area contributed by atoms with Crippen LogP contribution in [0.3, 0.4) is 0 Å². The van der Waals surface area contributed by atoms with Crippen LogP contribution in [0.5, 0.6) is 0 Å². The molecule has 2 aromatic heterocycles. The Balaban J connectivity index is 1.67. The number of amidine groups is 1. The zero-order valence-electron chi connectivity index (χ0n) is 18.1. The number of thiophene rings is 1. The minimum absolute atomic E-state index is 0.0537. The summed E-state index contributed by atoms with van der Waals surface area (Å²) in [5, 5.41) is 1.38. The van der Waals surface area contributed by atoms with Crippen LogP contribution in [0.4, 0.5) is 18.2 Å². The number of fused-ring (bicyclic) bond motifs is 1.